The minimum absolute atomic E-state index is 0.0987. The Labute approximate surface area is 97.8 Å². The number of carbonyl (C=O) groups is 1. The van der Waals surface area contributed by atoms with E-state index in [2.05, 4.69) is 6.92 Å². The van der Waals surface area contributed by atoms with E-state index in [0.717, 1.165) is 25.8 Å². The first-order chi connectivity index (χ1) is 7.74. The molecule has 0 aromatic rings. The van der Waals surface area contributed by atoms with Crippen molar-refractivity contribution >= 4 is 5.91 Å². The number of rotatable bonds is 2. The summed E-state index contributed by atoms with van der Waals surface area (Å²) in [6.07, 6.45) is 6.73. The molecular weight excluding hydrogens is 202 g/mol. The second kappa shape index (κ2) is 5.17. The summed E-state index contributed by atoms with van der Waals surface area (Å²) in [5.41, 5.74) is 0. The maximum Gasteiger partial charge on any atom is 0.226 e. The van der Waals surface area contributed by atoms with E-state index in [-0.39, 0.29) is 18.6 Å². The van der Waals surface area contributed by atoms with E-state index in [1.807, 2.05) is 4.90 Å². The van der Waals surface area contributed by atoms with Gasteiger partial charge in [-0.15, -0.1) is 0 Å². The molecule has 1 N–H and O–H groups in total. The van der Waals surface area contributed by atoms with Crippen LogP contribution < -0.4 is 0 Å². The molecule has 2 rings (SSSR count). The lowest BCUT2D eigenvalue weighted by Gasteiger charge is -2.33. The third kappa shape index (κ3) is 2.24. The van der Waals surface area contributed by atoms with Crippen LogP contribution in [0.15, 0.2) is 0 Å². The lowest BCUT2D eigenvalue weighted by Crippen LogP contribution is -2.43. The molecule has 0 aromatic carbocycles. The molecule has 16 heavy (non-hydrogen) atoms. The Morgan fingerprint density at radius 2 is 2.00 bits per heavy atom. The highest BCUT2D eigenvalue weighted by molar-refractivity contribution is 5.79. The summed E-state index contributed by atoms with van der Waals surface area (Å²) in [4.78, 5) is 14.3. The largest absolute Gasteiger partial charge is 0.394 e. The molecule has 1 amide bonds. The van der Waals surface area contributed by atoms with E-state index >= 15 is 0 Å². The number of hydrogen-bond donors (Lipinski definition) is 1. The van der Waals surface area contributed by atoms with Gasteiger partial charge in [-0.2, -0.15) is 0 Å². The van der Waals surface area contributed by atoms with Gasteiger partial charge in [-0.3, -0.25) is 4.79 Å². The van der Waals surface area contributed by atoms with Crippen molar-refractivity contribution in [3.8, 4) is 0 Å². The molecule has 1 saturated heterocycles. The zero-order valence-corrected chi connectivity index (χ0v) is 10.2. The van der Waals surface area contributed by atoms with Crippen LogP contribution in [0.1, 0.15) is 45.4 Å². The zero-order chi connectivity index (χ0) is 11.5. The van der Waals surface area contributed by atoms with Crippen LogP contribution in [0.3, 0.4) is 0 Å². The van der Waals surface area contributed by atoms with Crippen molar-refractivity contribution in [1.29, 1.82) is 0 Å². The standard InChI is InChI=1S/C13H23NO2/c1-10-5-2-3-7-12(10)13(16)14-8-4-6-11(14)9-15/h10-12,15H,2-9H2,1H3/t10-,11-,12-/m0/s1. The lowest BCUT2D eigenvalue weighted by molar-refractivity contribution is -0.139. The Balaban J connectivity index is 2.00. The normalized spacial score (nSPS) is 35.4. The smallest absolute Gasteiger partial charge is 0.226 e. The van der Waals surface area contributed by atoms with Crippen LogP contribution >= 0.6 is 0 Å². The Kier molecular flexibility index (Phi) is 3.85. The molecule has 3 nitrogen and oxygen atoms in total. The maximum absolute atomic E-state index is 12.4. The van der Waals surface area contributed by atoms with Gasteiger partial charge in [-0.1, -0.05) is 19.8 Å². The SMILES string of the molecule is C[C@H]1CCCC[C@@H]1C(=O)N1CCC[C@H]1CO. The fourth-order valence-corrected chi connectivity index (χ4v) is 3.21. The summed E-state index contributed by atoms with van der Waals surface area (Å²) in [6, 6.07) is 0.0987. The van der Waals surface area contributed by atoms with Crippen LogP contribution in [0.25, 0.3) is 0 Å². The molecule has 0 spiro atoms. The van der Waals surface area contributed by atoms with Crippen LogP contribution in [-0.2, 0) is 4.79 Å². The van der Waals surface area contributed by atoms with E-state index in [0.29, 0.717) is 11.8 Å². The van der Waals surface area contributed by atoms with Crippen LogP contribution in [0, 0.1) is 11.8 Å². The summed E-state index contributed by atoms with van der Waals surface area (Å²) in [5.74, 6) is 1.06. The van der Waals surface area contributed by atoms with Crippen LogP contribution in [0.5, 0.6) is 0 Å². The molecule has 92 valence electrons. The number of nitrogens with zero attached hydrogens (tertiary/aromatic N) is 1. The van der Waals surface area contributed by atoms with Gasteiger partial charge in [-0.05, 0) is 31.6 Å². The molecule has 1 aliphatic heterocycles. The molecule has 0 aromatic heterocycles. The quantitative estimate of drug-likeness (QED) is 0.778. The minimum Gasteiger partial charge on any atom is -0.394 e. The number of aliphatic hydroxyl groups is 1. The Hall–Kier alpha value is -0.570. The Bertz CT molecular complexity index is 250. The van der Waals surface area contributed by atoms with E-state index in [9.17, 15) is 9.90 Å². The lowest BCUT2D eigenvalue weighted by atomic mass is 9.79. The molecule has 0 unspecified atom stereocenters. The summed E-state index contributed by atoms with van der Waals surface area (Å²) in [7, 11) is 0. The third-order valence-corrected chi connectivity index (χ3v) is 4.30. The Morgan fingerprint density at radius 1 is 1.25 bits per heavy atom. The summed E-state index contributed by atoms with van der Waals surface area (Å²) in [5, 5.41) is 9.26. The highest BCUT2D eigenvalue weighted by Gasteiger charge is 2.35. The van der Waals surface area contributed by atoms with Crippen LogP contribution in [-0.4, -0.2) is 35.1 Å². The predicted octanol–water partition coefficient (Wildman–Crippen LogP) is 1.80. The van der Waals surface area contributed by atoms with Crippen LogP contribution in [0.2, 0.25) is 0 Å². The molecule has 2 fully saturated rings. The van der Waals surface area contributed by atoms with Crippen molar-refractivity contribution in [1.82, 2.24) is 4.90 Å². The second-order valence-corrected chi connectivity index (χ2v) is 5.38. The molecule has 3 atom stereocenters. The van der Waals surface area contributed by atoms with Gasteiger partial charge >= 0.3 is 0 Å². The third-order valence-electron chi connectivity index (χ3n) is 4.30. The number of amides is 1. The van der Waals surface area contributed by atoms with Gasteiger partial charge in [0.1, 0.15) is 0 Å². The summed E-state index contributed by atoms with van der Waals surface area (Å²) >= 11 is 0. The fraction of sp³-hybridized carbons (Fsp3) is 0.923. The monoisotopic (exact) mass is 225 g/mol. The first-order valence-corrected chi connectivity index (χ1v) is 6.65. The summed E-state index contributed by atoms with van der Waals surface area (Å²) < 4.78 is 0. The minimum atomic E-state index is 0.0987. The maximum atomic E-state index is 12.4. The average Bonchev–Trinajstić information content (AvgIpc) is 2.77. The second-order valence-electron chi connectivity index (χ2n) is 5.38. The Morgan fingerprint density at radius 3 is 2.69 bits per heavy atom. The molecule has 1 saturated carbocycles. The van der Waals surface area contributed by atoms with Gasteiger partial charge in [0.2, 0.25) is 5.91 Å². The average molecular weight is 225 g/mol. The molecular formula is C13H23NO2. The van der Waals surface area contributed by atoms with Gasteiger partial charge in [0, 0.05) is 12.5 Å². The highest BCUT2D eigenvalue weighted by Crippen LogP contribution is 2.32. The molecule has 2 aliphatic rings. The molecule has 3 heteroatoms. The molecule has 0 radical (unpaired) electrons. The number of hydrogen-bond acceptors (Lipinski definition) is 2. The van der Waals surface area contributed by atoms with Gasteiger partial charge < -0.3 is 10.0 Å². The van der Waals surface area contributed by atoms with Crippen molar-refractivity contribution in [2.75, 3.05) is 13.2 Å². The van der Waals surface area contributed by atoms with Crippen molar-refractivity contribution in [2.24, 2.45) is 11.8 Å². The van der Waals surface area contributed by atoms with Gasteiger partial charge in [-0.25, -0.2) is 0 Å². The topological polar surface area (TPSA) is 40.5 Å². The van der Waals surface area contributed by atoms with Crippen molar-refractivity contribution in [2.45, 2.75) is 51.5 Å². The first kappa shape index (κ1) is 11.9. The van der Waals surface area contributed by atoms with Crippen molar-refractivity contribution < 1.29 is 9.90 Å². The number of likely N-dealkylation sites (tertiary alicyclic amines) is 1. The summed E-state index contributed by atoms with van der Waals surface area (Å²) in [6.45, 7) is 3.19. The molecule has 1 aliphatic carbocycles. The van der Waals surface area contributed by atoms with Gasteiger partial charge in [0.05, 0.1) is 12.6 Å². The van der Waals surface area contributed by atoms with E-state index in [1.54, 1.807) is 0 Å². The van der Waals surface area contributed by atoms with E-state index < -0.39 is 0 Å². The van der Waals surface area contributed by atoms with E-state index in [4.69, 9.17) is 0 Å². The van der Waals surface area contributed by atoms with Gasteiger partial charge in [0.25, 0.3) is 0 Å². The predicted molar refractivity (Wildman–Crippen MR) is 62.9 cm³/mol. The number of carbonyl (C=O) groups excluding carboxylic acids is 1. The number of aliphatic hydroxyl groups excluding tert-OH is 1. The van der Waals surface area contributed by atoms with Crippen molar-refractivity contribution in [3.63, 3.8) is 0 Å². The molecule has 1 heterocycles. The van der Waals surface area contributed by atoms with Crippen molar-refractivity contribution in [3.05, 3.63) is 0 Å². The fourth-order valence-electron chi connectivity index (χ4n) is 3.21. The van der Waals surface area contributed by atoms with E-state index in [1.165, 1.54) is 19.3 Å². The van der Waals surface area contributed by atoms with Crippen LogP contribution in [0.4, 0.5) is 0 Å². The first-order valence-electron chi connectivity index (χ1n) is 6.65. The highest BCUT2D eigenvalue weighted by atomic mass is 16.3. The zero-order valence-electron chi connectivity index (χ0n) is 10.2. The molecule has 0 bridgehead atoms. The van der Waals surface area contributed by atoms with Gasteiger partial charge in [0.15, 0.2) is 0 Å².